The van der Waals surface area contributed by atoms with Crippen molar-refractivity contribution in [1.82, 2.24) is 4.31 Å². The second kappa shape index (κ2) is 5.91. The minimum atomic E-state index is -3.45. The van der Waals surface area contributed by atoms with E-state index in [1.165, 1.54) is 5.56 Å². The Morgan fingerprint density at radius 1 is 1.23 bits per heavy atom. The van der Waals surface area contributed by atoms with Crippen LogP contribution in [0.15, 0.2) is 24.3 Å². The molecule has 22 heavy (non-hydrogen) atoms. The third-order valence-corrected chi connectivity index (χ3v) is 5.56. The van der Waals surface area contributed by atoms with E-state index in [1.54, 1.807) is 6.92 Å². The van der Waals surface area contributed by atoms with Crippen molar-refractivity contribution in [2.45, 2.75) is 45.6 Å². The molecule has 0 N–H and O–H groups in total. The minimum Gasteiger partial charge on any atom is -0.481 e. The van der Waals surface area contributed by atoms with E-state index in [4.69, 9.17) is 4.74 Å². The van der Waals surface area contributed by atoms with E-state index in [0.29, 0.717) is 12.2 Å². The number of benzene rings is 1. The van der Waals surface area contributed by atoms with E-state index >= 15 is 0 Å². The van der Waals surface area contributed by atoms with Gasteiger partial charge in [-0.15, -0.1) is 0 Å². The monoisotopic (exact) mass is 325 g/mol. The third kappa shape index (κ3) is 3.61. The Kier molecular flexibility index (Phi) is 4.52. The highest BCUT2D eigenvalue weighted by Gasteiger charge is 2.35. The fraction of sp³-hybridized carbons (Fsp3) is 0.562. The summed E-state index contributed by atoms with van der Waals surface area (Å²) < 4.78 is 30.1. The molecule has 1 fully saturated rings. The fourth-order valence-electron chi connectivity index (χ4n) is 2.38. The van der Waals surface area contributed by atoms with Crippen LogP contribution >= 0.6 is 0 Å². The third-order valence-electron chi connectivity index (χ3n) is 3.73. The highest BCUT2D eigenvalue weighted by molar-refractivity contribution is 7.89. The average Bonchev–Trinajstić information content (AvgIpc) is 2.77. The molecule has 122 valence electrons. The Balaban J connectivity index is 2.06. The quantitative estimate of drug-likeness (QED) is 0.855. The molecule has 0 bridgehead atoms. The number of hydrogen-bond acceptors (Lipinski definition) is 4. The number of hydrogen-bond donors (Lipinski definition) is 0. The highest BCUT2D eigenvalue weighted by atomic mass is 32.2. The summed E-state index contributed by atoms with van der Waals surface area (Å²) in [5, 5.41) is 0. The van der Waals surface area contributed by atoms with Crippen molar-refractivity contribution in [1.29, 1.82) is 0 Å². The van der Waals surface area contributed by atoms with Crippen LogP contribution in [0.25, 0.3) is 0 Å². The van der Waals surface area contributed by atoms with E-state index < -0.39 is 22.0 Å². The predicted octanol–water partition coefficient (Wildman–Crippen LogP) is 2.31. The minimum absolute atomic E-state index is 0.0335. The maximum Gasteiger partial charge on any atom is 0.276 e. The first-order valence-electron chi connectivity index (χ1n) is 7.43. The van der Waals surface area contributed by atoms with Crippen LogP contribution in [-0.4, -0.2) is 37.0 Å². The zero-order valence-corrected chi connectivity index (χ0v) is 14.3. The van der Waals surface area contributed by atoms with Crippen LogP contribution in [0.5, 0.6) is 5.75 Å². The predicted molar refractivity (Wildman–Crippen MR) is 85.3 cm³/mol. The molecule has 1 saturated heterocycles. The Morgan fingerprint density at radius 3 is 2.27 bits per heavy atom. The van der Waals surface area contributed by atoms with Crippen molar-refractivity contribution in [3.8, 4) is 5.75 Å². The van der Waals surface area contributed by atoms with Gasteiger partial charge in [-0.3, -0.25) is 4.79 Å². The van der Waals surface area contributed by atoms with Gasteiger partial charge in [0.2, 0.25) is 10.0 Å². The SMILES string of the molecule is C[C@@H](Oc1ccc(C(C)(C)C)cc1)C(=O)N1CCCS1(=O)=O. The van der Waals surface area contributed by atoms with Crippen molar-refractivity contribution in [3.05, 3.63) is 29.8 Å². The van der Waals surface area contributed by atoms with Crippen molar-refractivity contribution in [2.75, 3.05) is 12.3 Å². The lowest BCUT2D eigenvalue weighted by molar-refractivity contribution is -0.132. The van der Waals surface area contributed by atoms with Gasteiger partial charge in [0.15, 0.2) is 6.10 Å². The highest BCUT2D eigenvalue weighted by Crippen LogP contribution is 2.25. The molecule has 5 nitrogen and oxygen atoms in total. The molecule has 0 saturated carbocycles. The zero-order valence-electron chi connectivity index (χ0n) is 13.5. The maximum absolute atomic E-state index is 12.2. The van der Waals surface area contributed by atoms with E-state index in [0.717, 1.165) is 4.31 Å². The molecule has 0 aliphatic carbocycles. The van der Waals surface area contributed by atoms with Crippen LogP contribution in [0.3, 0.4) is 0 Å². The molecule has 1 amide bonds. The first-order valence-corrected chi connectivity index (χ1v) is 9.03. The smallest absolute Gasteiger partial charge is 0.276 e. The van der Waals surface area contributed by atoms with Crippen LogP contribution in [0, 0.1) is 0 Å². The first kappa shape index (κ1) is 16.8. The Bertz CT molecular complexity index is 644. The summed E-state index contributed by atoms with van der Waals surface area (Å²) in [4.78, 5) is 12.2. The molecule has 6 heteroatoms. The molecular formula is C16H23NO4S. The lowest BCUT2D eigenvalue weighted by Crippen LogP contribution is -2.41. The first-order chi connectivity index (χ1) is 10.1. The average molecular weight is 325 g/mol. The molecule has 1 aromatic carbocycles. The number of carbonyl (C=O) groups excluding carboxylic acids is 1. The number of sulfonamides is 1. The number of carbonyl (C=O) groups is 1. The van der Waals surface area contributed by atoms with Gasteiger partial charge in [0, 0.05) is 6.54 Å². The van der Waals surface area contributed by atoms with Gasteiger partial charge >= 0.3 is 0 Å². The number of ether oxygens (including phenoxy) is 1. The summed E-state index contributed by atoms with van der Waals surface area (Å²) in [6, 6.07) is 7.53. The van der Waals surface area contributed by atoms with Crippen LogP contribution in [-0.2, 0) is 20.2 Å². The van der Waals surface area contributed by atoms with E-state index in [1.807, 2.05) is 24.3 Å². The van der Waals surface area contributed by atoms with Crippen LogP contribution < -0.4 is 4.74 Å². The molecule has 0 spiro atoms. The van der Waals surface area contributed by atoms with E-state index in [2.05, 4.69) is 20.8 Å². The second-order valence-corrected chi connectivity index (χ2v) is 8.63. The maximum atomic E-state index is 12.2. The van der Waals surface area contributed by atoms with Gasteiger partial charge in [0.25, 0.3) is 5.91 Å². The summed E-state index contributed by atoms with van der Waals surface area (Å²) in [6.07, 6.45) is -0.338. The summed E-state index contributed by atoms with van der Waals surface area (Å²) in [5.41, 5.74) is 1.21. The molecule has 0 aromatic heterocycles. The molecule has 1 aromatic rings. The zero-order chi connectivity index (χ0) is 16.5. The molecular weight excluding hydrogens is 302 g/mol. The standard InChI is InChI=1S/C16H23NO4S/c1-12(15(18)17-10-5-11-22(17,19)20)21-14-8-6-13(7-9-14)16(2,3)4/h6-9,12H,5,10-11H2,1-4H3/t12-/m1/s1. The lowest BCUT2D eigenvalue weighted by atomic mass is 9.87. The van der Waals surface area contributed by atoms with Gasteiger partial charge in [0.05, 0.1) is 5.75 Å². The molecule has 1 atom stereocenters. The number of nitrogens with zero attached hydrogens (tertiary/aromatic N) is 1. The number of amides is 1. The van der Waals surface area contributed by atoms with Crippen LogP contribution in [0.2, 0.25) is 0 Å². The molecule has 1 aliphatic heterocycles. The van der Waals surface area contributed by atoms with Gasteiger partial charge < -0.3 is 4.74 Å². The normalized spacial score (nSPS) is 19.0. The van der Waals surface area contributed by atoms with Gasteiger partial charge in [-0.25, -0.2) is 12.7 Å². The molecule has 2 rings (SSSR count). The molecule has 1 aliphatic rings. The summed E-state index contributed by atoms with van der Waals surface area (Å²) in [5.74, 6) is 0.0917. The van der Waals surface area contributed by atoms with E-state index in [-0.39, 0.29) is 17.7 Å². The van der Waals surface area contributed by atoms with Crippen molar-refractivity contribution in [2.24, 2.45) is 0 Å². The summed E-state index contributed by atoms with van der Waals surface area (Å²) in [7, 11) is -3.45. The topological polar surface area (TPSA) is 63.7 Å². The van der Waals surface area contributed by atoms with Gasteiger partial charge in [-0.05, 0) is 36.5 Å². The van der Waals surface area contributed by atoms with Crippen molar-refractivity contribution < 1.29 is 17.9 Å². The molecule has 0 radical (unpaired) electrons. The van der Waals surface area contributed by atoms with Gasteiger partial charge in [-0.2, -0.15) is 0 Å². The lowest BCUT2D eigenvalue weighted by Gasteiger charge is -2.22. The van der Waals surface area contributed by atoms with Crippen LogP contribution in [0.1, 0.15) is 39.7 Å². The Hall–Kier alpha value is -1.56. The van der Waals surface area contributed by atoms with Gasteiger partial charge in [0.1, 0.15) is 5.75 Å². The van der Waals surface area contributed by atoms with Crippen LogP contribution in [0.4, 0.5) is 0 Å². The van der Waals surface area contributed by atoms with Crippen molar-refractivity contribution >= 4 is 15.9 Å². The molecule has 0 unspecified atom stereocenters. The largest absolute Gasteiger partial charge is 0.481 e. The Labute approximate surface area is 132 Å². The molecule has 1 heterocycles. The Morgan fingerprint density at radius 2 is 1.82 bits per heavy atom. The van der Waals surface area contributed by atoms with E-state index in [9.17, 15) is 13.2 Å². The second-order valence-electron chi connectivity index (χ2n) is 6.61. The van der Waals surface area contributed by atoms with Crippen molar-refractivity contribution in [3.63, 3.8) is 0 Å². The van der Waals surface area contributed by atoms with Gasteiger partial charge in [-0.1, -0.05) is 32.9 Å². The summed E-state index contributed by atoms with van der Waals surface area (Å²) >= 11 is 0. The summed E-state index contributed by atoms with van der Waals surface area (Å²) in [6.45, 7) is 8.18. The fourth-order valence-corrected chi connectivity index (χ4v) is 3.92. The number of rotatable bonds is 3.